The highest BCUT2D eigenvalue weighted by Gasteiger charge is 2.34. The number of rotatable bonds is 1. The summed E-state index contributed by atoms with van der Waals surface area (Å²) in [6, 6.07) is 19.0. The minimum atomic E-state index is -1.08. The topological polar surface area (TPSA) is 52.6 Å². The molecule has 0 amide bonds. The zero-order chi connectivity index (χ0) is 16.9. The minimum Gasteiger partial charge on any atom is -0.423 e. The third-order valence-corrected chi connectivity index (χ3v) is 3.68. The predicted octanol–water partition coefficient (Wildman–Crippen LogP) is 4.17. The Kier molecular flexibility index (Phi) is 5.76. The Morgan fingerprint density at radius 1 is 0.826 bits per heavy atom. The first-order chi connectivity index (χ1) is 10.9. The molecule has 1 aliphatic heterocycles. The van der Waals surface area contributed by atoms with Crippen LogP contribution in [0.25, 0.3) is 11.1 Å². The standard InChI is InChI=1S/C12H9I.C6H8O4/c13-12-8-6-11(7-9-12)10-4-2-1-3-5-10;1-6(2)9-4(7)3-5(8)10-6/h1-9H;3H2,1-2H3. The van der Waals surface area contributed by atoms with Gasteiger partial charge in [-0.25, -0.2) is 0 Å². The Morgan fingerprint density at radius 2 is 1.30 bits per heavy atom. The molecule has 120 valence electrons. The molecule has 23 heavy (non-hydrogen) atoms. The van der Waals surface area contributed by atoms with E-state index >= 15 is 0 Å². The van der Waals surface area contributed by atoms with Gasteiger partial charge in [0.05, 0.1) is 0 Å². The van der Waals surface area contributed by atoms with Gasteiger partial charge >= 0.3 is 11.9 Å². The van der Waals surface area contributed by atoms with Crippen molar-refractivity contribution in [2.24, 2.45) is 0 Å². The zero-order valence-electron chi connectivity index (χ0n) is 12.9. The van der Waals surface area contributed by atoms with Gasteiger partial charge in [0.15, 0.2) is 0 Å². The molecule has 0 aromatic heterocycles. The van der Waals surface area contributed by atoms with E-state index < -0.39 is 17.7 Å². The van der Waals surface area contributed by atoms with E-state index in [1.165, 1.54) is 28.5 Å². The molecule has 5 heteroatoms. The first-order valence-electron chi connectivity index (χ1n) is 7.10. The summed E-state index contributed by atoms with van der Waals surface area (Å²) in [5.41, 5.74) is 2.56. The fourth-order valence-corrected chi connectivity index (χ4v) is 2.39. The highest BCUT2D eigenvalue weighted by atomic mass is 127. The molecule has 1 fully saturated rings. The molecule has 1 aliphatic rings. The summed E-state index contributed by atoms with van der Waals surface area (Å²) in [4.78, 5) is 21.1. The van der Waals surface area contributed by atoms with E-state index in [-0.39, 0.29) is 6.42 Å². The Balaban J connectivity index is 0.000000174. The van der Waals surface area contributed by atoms with Crippen LogP contribution < -0.4 is 0 Å². The summed E-state index contributed by atoms with van der Waals surface area (Å²) < 4.78 is 10.6. The molecule has 0 radical (unpaired) electrons. The van der Waals surface area contributed by atoms with Gasteiger partial charge in [0.1, 0.15) is 6.42 Å². The lowest BCUT2D eigenvalue weighted by Gasteiger charge is -2.28. The van der Waals surface area contributed by atoms with Gasteiger partial charge in [0.25, 0.3) is 5.79 Å². The van der Waals surface area contributed by atoms with Crippen molar-refractivity contribution in [2.45, 2.75) is 26.1 Å². The normalized spacial score (nSPS) is 15.8. The molecule has 0 aliphatic carbocycles. The van der Waals surface area contributed by atoms with Crippen molar-refractivity contribution in [3.8, 4) is 11.1 Å². The van der Waals surface area contributed by atoms with Crippen molar-refractivity contribution in [2.75, 3.05) is 0 Å². The van der Waals surface area contributed by atoms with Gasteiger partial charge < -0.3 is 9.47 Å². The fourth-order valence-electron chi connectivity index (χ4n) is 2.03. The van der Waals surface area contributed by atoms with E-state index in [2.05, 4.69) is 80.6 Å². The molecule has 4 nitrogen and oxygen atoms in total. The van der Waals surface area contributed by atoms with Crippen LogP contribution in [-0.4, -0.2) is 17.7 Å². The average Bonchev–Trinajstić information content (AvgIpc) is 2.47. The van der Waals surface area contributed by atoms with E-state index in [0.717, 1.165) is 0 Å². The summed E-state index contributed by atoms with van der Waals surface area (Å²) in [6.07, 6.45) is -0.274. The highest BCUT2D eigenvalue weighted by molar-refractivity contribution is 14.1. The minimum absolute atomic E-state index is 0.274. The lowest BCUT2D eigenvalue weighted by molar-refractivity contribution is -0.231. The van der Waals surface area contributed by atoms with Crippen molar-refractivity contribution < 1.29 is 19.1 Å². The quantitative estimate of drug-likeness (QED) is 0.392. The third kappa shape index (κ3) is 5.67. The number of hydrogen-bond donors (Lipinski definition) is 0. The van der Waals surface area contributed by atoms with Crippen LogP contribution in [-0.2, 0) is 19.1 Å². The maximum Gasteiger partial charge on any atom is 0.320 e. The van der Waals surface area contributed by atoms with Gasteiger partial charge in [-0.1, -0.05) is 42.5 Å². The van der Waals surface area contributed by atoms with Crippen LogP contribution in [0.2, 0.25) is 0 Å². The summed E-state index contributed by atoms with van der Waals surface area (Å²) in [6.45, 7) is 3.03. The van der Waals surface area contributed by atoms with Crippen LogP contribution in [0.3, 0.4) is 0 Å². The van der Waals surface area contributed by atoms with Gasteiger partial charge in [-0.15, -0.1) is 0 Å². The molecule has 0 unspecified atom stereocenters. The van der Waals surface area contributed by atoms with Crippen LogP contribution >= 0.6 is 22.6 Å². The SMILES string of the molecule is CC1(C)OC(=O)CC(=O)O1.Ic1ccc(-c2ccccc2)cc1. The Bertz CT molecular complexity index is 660. The lowest BCUT2D eigenvalue weighted by Crippen LogP contribution is -2.39. The van der Waals surface area contributed by atoms with Crippen LogP contribution in [0, 0.1) is 3.57 Å². The van der Waals surface area contributed by atoms with E-state index in [9.17, 15) is 9.59 Å². The van der Waals surface area contributed by atoms with E-state index in [1.807, 2.05) is 6.07 Å². The number of benzene rings is 2. The second kappa shape index (κ2) is 7.59. The number of halogens is 1. The second-order valence-corrected chi connectivity index (χ2v) is 6.64. The predicted molar refractivity (Wildman–Crippen MR) is 95.5 cm³/mol. The molecule has 2 aromatic rings. The maximum absolute atomic E-state index is 10.6. The molecule has 0 N–H and O–H groups in total. The number of esters is 2. The molecule has 0 spiro atoms. The number of hydrogen-bond acceptors (Lipinski definition) is 4. The molecule has 0 saturated carbocycles. The van der Waals surface area contributed by atoms with Crippen molar-refractivity contribution in [1.82, 2.24) is 0 Å². The molecular weight excluding hydrogens is 407 g/mol. The van der Waals surface area contributed by atoms with Crippen molar-refractivity contribution in [3.63, 3.8) is 0 Å². The van der Waals surface area contributed by atoms with Crippen LogP contribution in [0.15, 0.2) is 54.6 Å². The first kappa shape index (κ1) is 17.5. The molecule has 3 rings (SSSR count). The zero-order valence-corrected chi connectivity index (χ0v) is 15.1. The summed E-state index contributed by atoms with van der Waals surface area (Å²) >= 11 is 2.32. The molecule has 1 heterocycles. The lowest BCUT2D eigenvalue weighted by atomic mass is 10.1. The highest BCUT2D eigenvalue weighted by Crippen LogP contribution is 2.19. The summed E-state index contributed by atoms with van der Waals surface area (Å²) in [7, 11) is 0. The fraction of sp³-hybridized carbons (Fsp3) is 0.222. The molecule has 1 saturated heterocycles. The molecular formula is C18H17IO4. The van der Waals surface area contributed by atoms with E-state index in [0.29, 0.717) is 0 Å². The third-order valence-electron chi connectivity index (χ3n) is 2.96. The van der Waals surface area contributed by atoms with Crippen LogP contribution in [0.4, 0.5) is 0 Å². The van der Waals surface area contributed by atoms with Crippen molar-refractivity contribution in [1.29, 1.82) is 0 Å². The smallest absolute Gasteiger partial charge is 0.320 e. The van der Waals surface area contributed by atoms with Gasteiger partial charge in [-0.05, 0) is 45.9 Å². The van der Waals surface area contributed by atoms with E-state index in [1.54, 1.807) is 0 Å². The van der Waals surface area contributed by atoms with Gasteiger partial charge in [0.2, 0.25) is 0 Å². The van der Waals surface area contributed by atoms with Crippen molar-refractivity contribution >= 4 is 34.5 Å². The summed E-state index contributed by atoms with van der Waals surface area (Å²) in [5, 5.41) is 0. The maximum atomic E-state index is 10.6. The van der Waals surface area contributed by atoms with Gasteiger partial charge in [-0.2, -0.15) is 0 Å². The van der Waals surface area contributed by atoms with Gasteiger partial charge in [-0.3, -0.25) is 9.59 Å². The number of cyclic esters (lactones) is 2. The van der Waals surface area contributed by atoms with Crippen LogP contribution in [0.5, 0.6) is 0 Å². The van der Waals surface area contributed by atoms with Crippen molar-refractivity contribution in [3.05, 3.63) is 58.2 Å². The number of ether oxygens (including phenoxy) is 2. The molecule has 2 aromatic carbocycles. The van der Waals surface area contributed by atoms with Crippen LogP contribution in [0.1, 0.15) is 20.3 Å². The Hall–Kier alpha value is -1.89. The largest absolute Gasteiger partial charge is 0.423 e. The first-order valence-corrected chi connectivity index (χ1v) is 8.18. The molecule has 0 atom stereocenters. The summed E-state index contributed by atoms with van der Waals surface area (Å²) in [5.74, 6) is -2.13. The Labute approximate surface area is 148 Å². The second-order valence-electron chi connectivity index (χ2n) is 5.40. The average molecular weight is 424 g/mol. The molecule has 0 bridgehead atoms. The number of carbonyl (C=O) groups excluding carboxylic acids is 2. The monoisotopic (exact) mass is 424 g/mol. The van der Waals surface area contributed by atoms with Gasteiger partial charge in [0, 0.05) is 17.4 Å². The number of carbonyl (C=O) groups is 2. The van der Waals surface area contributed by atoms with E-state index in [4.69, 9.17) is 0 Å². The Morgan fingerprint density at radius 3 is 1.78 bits per heavy atom.